The van der Waals surface area contributed by atoms with Gasteiger partial charge in [-0.25, -0.2) is 0 Å². The van der Waals surface area contributed by atoms with E-state index >= 15 is 0 Å². The van der Waals surface area contributed by atoms with Gasteiger partial charge < -0.3 is 0 Å². The molecule has 1 aliphatic rings. The van der Waals surface area contributed by atoms with Crippen molar-refractivity contribution in [3.05, 3.63) is 37.0 Å². The van der Waals surface area contributed by atoms with Gasteiger partial charge in [0.15, 0.2) is 0 Å². The molecule has 0 bridgehead atoms. The van der Waals surface area contributed by atoms with Crippen LogP contribution in [0.2, 0.25) is 0 Å². The van der Waals surface area contributed by atoms with Crippen LogP contribution in [0.1, 0.15) is 6.42 Å². The fourth-order valence-corrected chi connectivity index (χ4v) is 1.63. The Balaban J connectivity index is 2.75. The van der Waals surface area contributed by atoms with Gasteiger partial charge in [0, 0.05) is 10.7 Å². The fraction of sp³-hybridized carbons (Fsp3) is 0.333. The monoisotopic (exact) mass is 198 g/mol. The molecule has 0 amide bonds. The highest BCUT2D eigenvalue weighted by molar-refractivity contribution is 9.09. The summed E-state index contributed by atoms with van der Waals surface area (Å²) in [6.45, 7) is 3.81. The summed E-state index contributed by atoms with van der Waals surface area (Å²) in [6, 6.07) is 0. The molecular formula is C9H11Br. The van der Waals surface area contributed by atoms with Crippen molar-refractivity contribution in [2.24, 2.45) is 5.41 Å². The molecule has 0 aromatic rings. The predicted octanol–water partition coefficient (Wildman–Crippen LogP) is 3.07. The van der Waals surface area contributed by atoms with Crippen LogP contribution in [0.25, 0.3) is 0 Å². The van der Waals surface area contributed by atoms with E-state index in [9.17, 15) is 0 Å². The number of hydrogen-bond donors (Lipinski definition) is 0. The second-order valence-electron chi connectivity index (χ2n) is 2.56. The third kappa shape index (κ3) is 1.40. The summed E-state index contributed by atoms with van der Waals surface area (Å²) in [4.78, 5) is 0. The van der Waals surface area contributed by atoms with E-state index in [4.69, 9.17) is 0 Å². The lowest BCUT2D eigenvalue weighted by molar-refractivity contribution is 0.574. The van der Waals surface area contributed by atoms with Gasteiger partial charge >= 0.3 is 0 Å². The smallest absolute Gasteiger partial charge is 0.0193 e. The second kappa shape index (κ2) is 3.20. The number of hydrogen-bond acceptors (Lipinski definition) is 0. The van der Waals surface area contributed by atoms with E-state index in [1.54, 1.807) is 0 Å². The van der Waals surface area contributed by atoms with Crippen molar-refractivity contribution in [1.82, 2.24) is 0 Å². The molecule has 1 unspecified atom stereocenters. The number of alkyl halides is 1. The molecular weight excluding hydrogens is 188 g/mol. The zero-order valence-electron chi connectivity index (χ0n) is 5.89. The molecule has 1 rings (SSSR count). The van der Waals surface area contributed by atoms with Crippen molar-refractivity contribution in [2.75, 3.05) is 5.33 Å². The van der Waals surface area contributed by atoms with Crippen LogP contribution in [0.4, 0.5) is 0 Å². The largest absolute Gasteiger partial charge is 0.102 e. The molecule has 54 valence electrons. The zero-order valence-corrected chi connectivity index (χ0v) is 7.47. The van der Waals surface area contributed by atoms with Crippen LogP contribution in [0.5, 0.6) is 0 Å². The van der Waals surface area contributed by atoms with Crippen LogP contribution in [0.3, 0.4) is 0 Å². The van der Waals surface area contributed by atoms with Crippen molar-refractivity contribution in [3.63, 3.8) is 0 Å². The Kier molecular flexibility index (Phi) is 2.50. The van der Waals surface area contributed by atoms with Crippen molar-refractivity contribution in [1.29, 1.82) is 0 Å². The van der Waals surface area contributed by atoms with Crippen molar-refractivity contribution < 1.29 is 0 Å². The summed E-state index contributed by atoms with van der Waals surface area (Å²) in [6.07, 6.45) is 11.6. The van der Waals surface area contributed by atoms with E-state index in [-0.39, 0.29) is 5.41 Å². The average Bonchev–Trinajstić information content (AvgIpc) is 2.06. The summed E-state index contributed by atoms with van der Waals surface area (Å²) in [7, 11) is 0. The van der Waals surface area contributed by atoms with Crippen LogP contribution in [-0.2, 0) is 0 Å². The van der Waals surface area contributed by atoms with Crippen molar-refractivity contribution >= 4 is 15.9 Å². The lowest BCUT2D eigenvalue weighted by Crippen LogP contribution is -2.16. The van der Waals surface area contributed by atoms with Gasteiger partial charge in [-0.1, -0.05) is 46.3 Å². The first kappa shape index (κ1) is 7.80. The molecule has 0 saturated heterocycles. The molecule has 0 radical (unpaired) electrons. The third-order valence-electron chi connectivity index (χ3n) is 1.83. The van der Waals surface area contributed by atoms with E-state index < -0.39 is 0 Å². The lowest BCUT2D eigenvalue weighted by atomic mass is 9.84. The minimum atomic E-state index is 0.175. The molecule has 0 spiro atoms. The van der Waals surface area contributed by atoms with Crippen molar-refractivity contribution in [3.8, 4) is 0 Å². The lowest BCUT2D eigenvalue weighted by Gasteiger charge is -2.24. The molecule has 0 aliphatic heterocycles. The van der Waals surface area contributed by atoms with Crippen LogP contribution >= 0.6 is 15.9 Å². The first-order chi connectivity index (χ1) is 4.83. The van der Waals surface area contributed by atoms with Crippen LogP contribution < -0.4 is 0 Å². The number of rotatable bonds is 2. The maximum atomic E-state index is 3.81. The standard InChI is InChI=1S/C9H11Br/c1-2-9(8-10)6-4-3-5-7-9/h2-6H,1,7-8H2. The Morgan fingerprint density at radius 3 is 2.70 bits per heavy atom. The molecule has 1 aliphatic carbocycles. The maximum Gasteiger partial charge on any atom is 0.0193 e. The van der Waals surface area contributed by atoms with E-state index in [0.29, 0.717) is 0 Å². The van der Waals surface area contributed by atoms with E-state index in [2.05, 4.69) is 46.8 Å². The Hall–Kier alpha value is -0.300. The van der Waals surface area contributed by atoms with E-state index in [0.717, 1.165) is 11.8 Å². The Labute approximate surface area is 70.5 Å². The minimum absolute atomic E-state index is 0.175. The topological polar surface area (TPSA) is 0 Å². The van der Waals surface area contributed by atoms with Gasteiger partial charge in [0.25, 0.3) is 0 Å². The molecule has 0 saturated carbocycles. The second-order valence-corrected chi connectivity index (χ2v) is 3.12. The molecule has 0 aromatic carbocycles. The normalized spacial score (nSPS) is 30.5. The van der Waals surface area contributed by atoms with Crippen LogP contribution in [0, 0.1) is 5.41 Å². The molecule has 1 atom stereocenters. The predicted molar refractivity (Wildman–Crippen MR) is 49.3 cm³/mol. The van der Waals surface area contributed by atoms with Gasteiger partial charge in [-0.15, -0.1) is 6.58 Å². The summed E-state index contributed by atoms with van der Waals surface area (Å²) >= 11 is 3.47. The number of allylic oxidation sites excluding steroid dienone is 5. The quantitative estimate of drug-likeness (QED) is 0.473. The summed E-state index contributed by atoms with van der Waals surface area (Å²) in [5.74, 6) is 0. The molecule has 0 nitrogen and oxygen atoms in total. The zero-order chi connectivity index (χ0) is 7.45. The van der Waals surface area contributed by atoms with Gasteiger partial charge in [-0.05, 0) is 6.42 Å². The molecule has 0 aromatic heterocycles. The summed E-state index contributed by atoms with van der Waals surface area (Å²) < 4.78 is 0. The maximum absolute atomic E-state index is 3.81. The van der Waals surface area contributed by atoms with E-state index in [1.807, 2.05) is 6.08 Å². The van der Waals surface area contributed by atoms with Gasteiger partial charge in [0.1, 0.15) is 0 Å². The van der Waals surface area contributed by atoms with Gasteiger partial charge in [0.2, 0.25) is 0 Å². The Bertz CT molecular complexity index is 179. The Morgan fingerprint density at radius 2 is 2.40 bits per heavy atom. The molecule has 10 heavy (non-hydrogen) atoms. The molecule has 1 heteroatoms. The molecule has 0 N–H and O–H groups in total. The summed E-state index contributed by atoms with van der Waals surface area (Å²) in [5.41, 5.74) is 0.175. The van der Waals surface area contributed by atoms with Gasteiger partial charge in [-0.3, -0.25) is 0 Å². The highest BCUT2D eigenvalue weighted by atomic mass is 79.9. The van der Waals surface area contributed by atoms with Crippen LogP contribution in [0.15, 0.2) is 37.0 Å². The minimum Gasteiger partial charge on any atom is -0.102 e. The van der Waals surface area contributed by atoms with Crippen LogP contribution in [-0.4, -0.2) is 5.33 Å². The van der Waals surface area contributed by atoms with Gasteiger partial charge in [-0.2, -0.15) is 0 Å². The highest BCUT2D eigenvalue weighted by Crippen LogP contribution is 2.30. The highest BCUT2D eigenvalue weighted by Gasteiger charge is 2.20. The van der Waals surface area contributed by atoms with Gasteiger partial charge in [0.05, 0.1) is 0 Å². The molecule has 0 heterocycles. The SMILES string of the molecule is C=CC1(CBr)C=CC=CC1. The molecule has 0 fully saturated rings. The third-order valence-corrected chi connectivity index (χ3v) is 2.87. The van der Waals surface area contributed by atoms with E-state index in [1.165, 1.54) is 0 Å². The average molecular weight is 199 g/mol. The summed E-state index contributed by atoms with van der Waals surface area (Å²) in [5, 5.41) is 0.963. The Morgan fingerprint density at radius 1 is 1.60 bits per heavy atom. The fourth-order valence-electron chi connectivity index (χ4n) is 0.986. The number of halogens is 1. The first-order valence-corrected chi connectivity index (χ1v) is 4.49. The first-order valence-electron chi connectivity index (χ1n) is 3.37. The van der Waals surface area contributed by atoms with Crippen molar-refractivity contribution in [2.45, 2.75) is 6.42 Å².